The van der Waals surface area contributed by atoms with Crippen LogP contribution in [0.3, 0.4) is 0 Å². The third-order valence-corrected chi connectivity index (χ3v) is 12.2. The third kappa shape index (κ3) is 8.25. The van der Waals surface area contributed by atoms with Crippen molar-refractivity contribution in [1.29, 1.82) is 5.26 Å². The van der Waals surface area contributed by atoms with Gasteiger partial charge in [0.15, 0.2) is 0 Å². The molecule has 2 saturated heterocycles. The molecule has 1 saturated carbocycles. The number of nitriles is 1. The number of benzene rings is 3. The second-order valence-electron chi connectivity index (χ2n) is 15.4. The number of likely N-dealkylation sites (tertiary alicyclic amines) is 1. The summed E-state index contributed by atoms with van der Waals surface area (Å²) < 4.78 is 29.2. The Labute approximate surface area is 323 Å². The molecule has 55 heavy (non-hydrogen) atoms. The van der Waals surface area contributed by atoms with E-state index in [1.54, 1.807) is 25.2 Å². The molecule has 10 nitrogen and oxygen atoms in total. The first-order chi connectivity index (χ1) is 26.8. The van der Waals surface area contributed by atoms with Crippen molar-refractivity contribution < 1.29 is 23.5 Å². The molecule has 3 aromatic carbocycles. The van der Waals surface area contributed by atoms with Gasteiger partial charge in [0.05, 0.1) is 22.9 Å². The van der Waals surface area contributed by atoms with E-state index in [2.05, 4.69) is 43.7 Å². The number of hydrogen-bond acceptors (Lipinski definition) is 8. The minimum absolute atomic E-state index is 0.0106. The number of nitrogens with zero attached hydrogens (tertiary/aromatic N) is 5. The van der Waals surface area contributed by atoms with Crippen molar-refractivity contribution in [2.75, 3.05) is 44.7 Å². The minimum atomic E-state index is -0.484. The number of alkyl carbamates (subject to hydrolysis) is 1. The Morgan fingerprint density at radius 3 is 2.55 bits per heavy atom. The predicted octanol–water partition coefficient (Wildman–Crippen LogP) is 7.12. The Balaban J connectivity index is 1.06. The number of aromatic nitrogens is 2. The van der Waals surface area contributed by atoms with E-state index in [-0.39, 0.29) is 30.4 Å². The van der Waals surface area contributed by atoms with Gasteiger partial charge in [0.25, 0.3) is 0 Å². The summed E-state index contributed by atoms with van der Waals surface area (Å²) in [6.45, 7) is 7.27. The first-order valence-electron chi connectivity index (χ1n) is 19.7. The van der Waals surface area contributed by atoms with Gasteiger partial charge in [-0.25, -0.2) is 19.0 Å². The molecule has 11 heteroatoms. The number of carbonyl (C=O) groups is 2. The van der Waals surface area contributed by atoms with Crippen molar-refractivity contribution in [3.05, 3.63) is 119 Å². The van der Waals surface area contributed by atoms with Gasteiger partial charge in [0.2, 0.25) is 0 Å². The Bertz CT molecular complexity index is 1980. The van der Waals surface area contributed by atoms with Crippen LogP contribution in [-0.4, -0.2) is 72.4 Å². The first-order valence-corrected chi connectivity index (χ1v) is 19.7. The normalized spacial score (nSPS) is 20.3. The second kappa shape index (κ2) is 17.1. The zero-order valence-corrected chi connectivity index (χ0v) is 31.8. The van der Waals surface area contributed by atoms with Crippen molar-refractivity contribution in [3.63, 3.8) is 0 Å². The minimum Gasteiger partial charge on any atom is -0.457 e. The topological polar surface area (TPSA) is 113 Å². The standard InChI is InChI=1S/C44H51FN6O4/c1-3-41-48-19-22-50(41)30-44(35-11-7-12-36(45)24-35,38-13-8-14-40(38)55-43(53)47-2)34-17-20-49(21-18-34)26-33-27-51(28-33)39-16-15-32(25-46)23-37(39)42(52)54-29-31-9-5-4-6-10-31/h4-7,9-12,15-16,19,22-24,33-34,38,40H,3,8,13-14,17-18,20-21,26-30H2,1-2H3,(H,47,53)/t38-,40?,44?/m0/s1. The Morgan fingerprint density at radius 2 is 1.82 bits per heavy atom. The van der Waals surface area contributed by atoms with Gasteiger partial charge >= 0.3 is 12.1 Å². The SMILES string of the molecule is CCc1nccn1CC(c1cccc(F)c1)(C1CCN(CC2CN(c3ccc(C#N)cc3C(=O)OCc3ccccc3)C2)CC1)[C@H]1CCCC1OC(=O)NC. The van der Waals surface area contributed by atoms with Crippen molar-refractivity contribution in [2.24, 2.45) is 17.8 Å². The van der Waals surface area contributed by atoms with Crippen LogP contribution in [0.25, 0.3) is 0 Å². The number of esters is 1. The summed E-state index contributed by atoms with van der Waals surface area (Å²) in [5.41, 5.74) is 3.02. The smallest absolute Gasteiger partial charge is 0.407 e. The maximum Gasteiger partial charge on any atom is 0.407 e. The third-order valence-electron chi connectivity index (χ3n) is 12.2. The number of ether oxygens (including phenoxy) is 2. The number of anilines is 1. The van der Waals surface area contributed by atoms with Gasteiger partial charge in [-0.05, 0) is 92.6 Å². The fourth-order valence-corrected chi connectivity index (χ4v) is 9.52. The predicted molar refractivity (Wildman–Crippen MR) is 208 cm³/mol. The van der Waals surface area contributed by atoms with Crippen molar-refractivity contribution in [3.8, 4) is 6.07 Å². The zero-order valence-electron chi connectivity index (χ0n) is 31.8. The number of amides is 1. The van der Waals surface area contributed by atoms with Crippen LogP contribution >= 0.6 is 0 Å². The van der Waals surface area contributed by atoms with Gasteiger partial charge < -0.3 is 29.2 Å². The van der Waals surface area contributed by atoms with Crippen LogP contribution in [0.5, 0.6) is 0 Å². The first kappa shape index (κ1) is 38.1. The molecule has 3 aliphatic rings. The highest BCUT2D eigenvalue weighted by atomic mass is 19.1. The largest absolute Gasteiger partial charge is 0.457 e. The molecule has 3 fully saturated rings. The van der Waals surface area contributed by atoms with E-state index in [0.717, 1.165) is 93.9 Å². The van der Waals surface area contributed by atoms with E-state index in [1.807, 2.05) is 54.9 Å². The molecule has 2 aliphatic heterocycles. The lowest BCUT2D eigenvalue weighted by atomic mass is 9.58. The molecule has 0 radical (unpaired) electrons. The van der Waals surface area contributed by atoms with Crippen LogP contribution in [0.15, 0.2) is 85.2 Å². The Hall–Kier alpha value is -5.21. The average molecular weight is 747 g/mol. The van der Waals surface area contributed by atoms with Crippen LogP contribution in [-0.2, 0) is 34.5 Å². The lowest BCUT2D eigenvalue weighted by Crippen LogP contribution is -2.55. The highest BCUT2D eigenvalue weighted by Crippen LogP contribution is 2.52. The number of nitrogens with one attached hydrogen (secondary N) is 1. The van der Waals surface area contributed by atoms with Crippen LogP contribution in [0.1, 0.15) is 71.9 Å². The number of carbonyl (C=O) groups excluding carboxylic acids is 2. The molecule has 4 aromatic rings. The van der Waals surface area contributed by atoms with Crippen molar-refractivity contribution >= 4 is 17.7 Å². The van der Waals surface area contributed by atoms with Crippen molar-refractivity contribution in [2.45, 2.75) is 70.1 Å². The van der Waals surface area contributed by atoms with Crippen LogP contribution in [0.2, 0.25) is 0 Å². The van der Waals surface area contributed by atoms with Gasteiger partial charge in [-0.1, -0.05) is 49.4 Å². The van der Waals surface area contributed by atoms with E-state index in [0.29, 0.717) is 23.6 Å². The molecular formula is C44H51FN6O4. The molecule has 7 rings (SSSR count). The fourth-order valence-electron chi connectivity index (χ4n) is 9.52. The summed E-state index contributed by atoms with van der Waals surface area (Å²) >= 11 is 0. The van der Waals surface area contributed by atoms with E-state index in [1.165, 1.54) is 6.07 Å². The second-order valence-corrected chi connectivity index (χ2v) is 15.4. The molecule has 288 valence electrons. The highest BCUT2D eigenvalue weighted by molar-refractivity contribution is 5.96. The lowest BCUT2D eigenvalue weighted by Gasteiger charge is -2.51. The Kier molecular flexibility index (Phi) is 11.8. The van der Waals surface area contributed by atoms with E-state index >= 15 is 4.39 Å². The average Bonchev–Trinajstić information content (AvgIpc) is 3.87. The summed E-state index contributed by atoms with van der Waals surface area (Å²) in [6.07, 6.45) is 8.44. The summed E-state index contributed by atoms with van der Waals surface area (Å²) in [6, 6.07) is 24.1. The monoisotopic (exact) mass is 746 g/mol. The fraction of sp³-hybridized carbons (Fsp3) is 0.455. The molecule has 1 aromatic heterocycles. The van der Waals surface area contributed by atoms with Gasteiger partial charge in [0, 0.05) is 69.3 Å². The van der Waals surface area contributed by atoms with Gasteiger partial charge in [-0.2, -0.15) is 5.26 Å². The molecular weight excluding hydrogens is 696 g/mol. The zero-order chi connectivity index (χ0) is 38.4. The van der Waals surface area contributed by atoms with Gasteiger partial charge in [-0.15, -0.1) is 0 Å². The maximum absolute atomic E-state index is 15.2. The van der Waals surface area contributed by atoms with E-state index in [4.69, 9.17) is 9.47 Å². The van der Waals surface area contributed by atoms with Gasteiger partial charge in [-0.3, -0.25) is 0 Å². The maximum atomic E-state index is 15.2. The summed E-state index contributed by atoms with van der Waals surface area (Å²) in [4.78, 5) is 35.3. The molecule has 1 N–H and O–H groups in total. The summed E-state index contributed by atoms with van der Waals surface area (Å²) in [5.74, 6) is 0.951. The van der Waals surface area contributed by atoms with Crippen LogP contribution in [0.4, 0.5) is 14.9 Å². The number of aryl methyl sites for hydroxylation is 1. The van der Waals surface area contributed by atoms with E-state index in [9.17, 15) is 14.9 Å². The quantitative estimate of drug-likeness (QED) is 0.144. The molecule has 1 amide bonds. The lowest BCUT2D eigenvalue weighted by molar-refractivity contribution is 0.00159. The summed E-state index contributed by atoms with van der Waals surface area (Å²) in [7, 11) is 1.59. The number of imidazole rings is 1. The van der Waals surface area contributed by atoms with Crippen molar-refractivity contribution in [1.82, 2.24) is 19.8 Å². The molecule has 3 atom stereocenters. The summed E-state index contributed by atoms with van der Waals surface area (Å²) in [5, 5.41) is 12.2. The number of halogens is 1. The number of rotatable bonds is 13. The molecule has 2 unspecified atom stereocenters. The Morgan fingerprint density at radius 1 is 1.02 bits per heavy atom. The number of hydrogen-bond donors (Lipinski definition) is 1. The van der Waals surface area contributed by atoms with Gasteiger partial charge in [0.1, 0.15) is 24.4 Å². The van der Waals surface area contributed by atoms with Crippen LogP contribution in [0, 0.1) is 34.9 Å². The number of piperidine rings is 1. The molecule has 0 bridgehead atoms. The van der Waals surface area contributed by atoms with E-state index < -0.39 is 17.5 Å². The molecule has 1 aliphatic carbocycles. The molecule has 0 spiro atoms. The molecule has 3 heterocycles. The van der Waals surface area contributed by atoms with Crippen LogP contribution < -0.4 is 10.2 Å². The highest BCUT2D eigenvalue weighted by Gasteiger charge is 2.53.